The van der Waals surface area contributed by atoms with Gasteiger partial charge < -0.3 is 5.11 Å². The fourth-order valence-corrected chi connectivity index (χ4v) is 1.57. The molecule has 0 spiro atoms. The first-order valence-electron chi connectivity index (χ1n) is 5.39. The van der Waals surface area contributed by atoms with E-state index in [2.05, 4.69) is 10.3 Å². The van der Waals surface area contributed by atoms with Crippen molar-refractivity contribution in [2.24, 2.45) is 0 Å². The Morgan fingerprint density at radius 1 is 1.47 bits per heavy atom. The maximum absolute atomic E-state index is 13.1. The minimum atomic E-state index is -0.641. The molecule has 0 aliphatic carbocycles. The predicted molar refractivity (Wildman–Crippen MR) is 60.9 cm³/mol. The van der Waals surface area contributed by atoms with Gasteiger partial charge in [-0.1, -0.05) is 11.3 Å². The molecule has 0 saturated heterocycles. The van der Waals surface area contributed by atoms with Crippen LogP contribution in [-0.4, -0.2) is 20.1 Å². The van der Waals surface area contributed by atoms with Crippen LogP contribution in [-0.2, 0) is 6.54 Å². The molecule has 1 heterocycles. The third kappa shape index (κ3) is 2.68. The van der Waals surface area contributed by atoms with Gasteiger partial charge in [0.05, 0.1) is 18.8 Å². The number of benzene rings is 1. The lowest BCUT2D eigenvalue weighted by molar-refractivity contribution is 0.194. The van der Waals surface area contributed by atoms with E-state index >= 15 is 0 Å². The highest BCUT2D eigenvalue weighted by Gasteiger charge is 2.08. The van der Waals surface area contributed by atoms with E-state index in [0.29, 0.717) is 12.2 Å². The average molecular weight is 235 g/mol. The van der Waals surface area contributed by atoms with Crippen molar-refractivity contribution in [2.75, 3.05) is 0 Å². The molecule has 0 saturated carbocycles. The van der Waals surface area contributed by atoms with Crippen molar-refractivity contribution in [1.29, 1.82) is 0 Å². The third-order valence-electron chi connectivity index (χ3n) is 2.63. The number of halogens is 1. The summed E-state index contributed by atoms with van der Waals surface area (Å²) >= 11 is 0. The minimum absolute atomic E-state index is 0.263. The molecule has 0 bridgehead atoms. The number of aryl methyl sites for hydroxylation is 1. The quantitative estimate of drug-likeness (QED) is 0.883. The normalized spacial score (nSPS) is 12.7. The van der Waals surface area contributed by atoms with E-state index in [9.17, 15) is 9.50 Å². The molecule has 0 radical (unpaired) electrons. The van der Waals surface area contributed by atoms with Gasteiger partial charge >= 0.3 is 0 Å². The third-order valence-corrected chi connectivity index (χ3v) is 2.63. The zero-order valence-electron chi connectivity index (χ0n) is 9.76. The second-order valence-electron chi connectivity index (χ2n) is 4.09. The summed E-state index contributed by atoms with van der Waals surface area (Å²) in [6, 6.07) is 4.65. The van der Waals surface area contributed by atoms with Gasteiger partial charge in [0, 0.05) is 0 Å². The molecule has 5 heteroatoms. The van der Waals surface area contributed by atoms with Crippen LogP contribution < -0.4 is 0 Å². The molecule has 0 aliphatic heterocycles. The maximum Gasteiger partial charge on any atom is 0.123 e. The summed E-state index contributed by atoms with van der Waals surface area (Å²) < 4.78 is 14.7. The molecule has 0 amide bonds. The Hall–Kier alpha value is -1.75. The summed E-state index contributed by atoms with van der Waals surface area (Å²) in [4.78, 5) is 0. The number of rotatable bonds is 3. The van der Waals surface area contributed by atoms with Gasteiger partial charge in [-0.2, -0.15) is 0 Å². The van der Waals surface area contributed by atoms with Crippen LogP contribution in [0.3, 0.4) is 0 Å². The summed E-state index contributed by atoms with van der Waals surface area (Å²) in [6.07, 6.45) is 1.02. The summed E-state index contributed by atoms with van der Waals surface area (Å²) in [7, 11) is 0. The van der Waals surface area contributed by atoms with Crippen LogP contribution in [0.15, 0.2) is 24.4 Å². The van der Waals surface area contributed by atoms with Crippen LogP contribution in [0.25, 0.3) is 0 Å². The lowest BCUT2D eigenvalue weighted by Gasteiger charge is -2.05. The molecule has 1 aromatic heterocycles. The van der Waals surface area contributed by atoms with Crippen LogP contribution in [0.1, 0.15) is 29.8 Å². The summed E-state index contributed by atoms with van der Waals surface area (Å²) in [5, 5.41) is 17.0. The van der Waals surface area contributed by atoms with Gasteiger partial charge in [-0.3, -0.25) is 0 Å². The molecule has 17 heavy (non-hydrogen) atoms. The molecule has 0 fully saturated rings. The Morgan fingerprint density at radius 3 is 2.88 bits per heavy atom. The van der Waals surface area contributed by atoms with E-state index in [1.165, 1.54) is 12.1 Å². The van der Waals surface area contributed by atoms with Gasteiger partial charge in [0.2, 0.25) is 0 Å². The Balaban J connectivity index is 2.22. The van der Waals surface area contributed by atoms with E-state index in [4.69, 9.17) is 0 Å². The molecule has 2 aromatic rings. The summed E-state index contributed by atoms with van der Waals surface area (Å²) in [5.74, 6) is -0.263. The van der Waals surface area contributed by atoms with Crippen molar-refractivity contribution in [1.82, 2.24) is 15.0 Å². The highest BCUT2D eigenvalue weighted by Crippen LogP contribution is 2.13. The molecule has 2 rings (SSSR count). The zero-order valence-corrected chi connectivity index (χ0v) is 9.76. The fraction of sp³-hybridized carbons (Fsp3) is 0.333. The average Bonchev–Trinajstić information content (AvgIpc) is 2.72. The highest BCUT2D eigenvalue weighted by molar-refractivity contribution is 5.26. The van der Waals surface area contributed by atoms with Crippen LogP contribution in [0.2, 0.25) is 0 Å². The van der Waals surface area contributed by atoms with Gasteiger partial charge in [0.25, 0.3) is 0 Å². The molecule has 0 aliphatic rings. The Kier molecular flexibility index (Phi) is 3.19. The lowest BCUT2D eigenvalue weighted by Crippen LogP contribution is -2.02. The van der Waals surface area contributed by atoms with E-state index < -0.39 is 6.10 Å². The number of hydrogen-bond donors (Lipinski definition) is 1. The van der Waals surface area contributed by atoms with Gasteiger partial charge in [0.15, 0.2) is 0 Å². The standard InChI is InChI=1S/C12H14FN3O/c1-8-3-4-11(13)5-10(8)6-16-7-12(9(2)17)14-15-16/h3-5,7,9,17H,6H2,1-2H3. The van der Waals surface area contributed by atoms with Gasteiger partial charge in [-0.05, 0) is 37.1 Å². The van der Waals surface area contributed by atoms with Crippen molar-refractivity contribution in [3.63, 3.8) is 0 Å². The maximum atomic E-state index is 13.1. The fourth-order valence-electron chi connectivity index (χ4n) is 1.57. The smallest absolute Gasteiger partial charge is 0.123 e. The monoisotopic (exact) mass is 235 g/mol. The highest BCUT2D eigenvalue weighted by atomic mass is 19.1. The Bertz CT molecular complexity index is 522. The van der Waals surface area contributed by atoms with Crippen molar-refractivity contribution in [3.05, 3.63) is 47.0 Å². The van der Waals surface area contributed by atoms with Crippen molar-refractivity contribution >= 4 is 0 Å². The molecule has 1 N–H and O–H groups in total. The first-order valence-corrected chi connectivity index (χ1v) is 5.39. The zero-order chi connectivity index (χ0) is 12.4. The van der Waals surface area contributed by atoms with Crippen LogP contribution in [0, 0.1) is 12.7 Å². The number of aliphatic hydroxyl groups is 1. The molecular formula is C12H14FN3O. The first kappa shape index (κ1) is 11.7. The van der Waals surface area contributed by atoms with Crippen LogP contribution in [0.4, 0.5) is 4.39 Å². The van der Waals surface area contributed by atoms with Crippen molar-refractivity contribution in [2.45, 2.75) is 26.5 Å². The molecular weight excluding hydrogens is 221 g/mol. The Labute approximate surface area is 98.7 Å². The molecule has 90 valence electrons. The SMILES string of the molecule is Cc1ccc(F)cc1Cn1cc(C(C)O)nn1. The largest absolute Gasteiger partial charge is 0.387 e. The van der Waals surface area contributed by atoms with Gasteiger partial charge in [0.1, 0.15) is 11.5 Å². The molecule has 4 nitrogen and oxygen atoms in total. The lowest BCUT2D eigenvalue weighted by atomic mass is 10.1. The first-order chi connectivity index (χ1) is 8.06. The van der Waals surface area contributed by atoms with E-state index in [-0.39, 0.29) is 5.82 Å². The molecule has 1 atom stereocenters. The molecule has 1 unspecified atom stereocenters. The number of nitrogens with zero attached hydrogens (tertiary/aromatic N) is 3. The summed E-state index contributed by atoms with van der Waals surface area (Å²) in [6.45, 7) is 3.99. The van der Waals surface area contributed by atoms with Crippen LogP contribution >= 0.6 is 0 Å². The van der Waals surface area contributed by atoms with Gasteiger partial charge in [-0.25, -0.2) is 9.07 Å². The van der Waals surface area contributed by atoms with Gasteiger partial charge in [-0.15, -0.1) is 5.10 Å². The second-order valence-corrected chi connectivity index (χ2v) is 4.09. The Morgan fingerprint density at radius 2 is 2.24 bits per heavy atom. The minimum Gasteiger partial charge on any atom is -0.387 e. The second kappa shape index (κ2) is 4.63. The van der Waals surface area contributed by atoms with E-state index in [1.807, 2.05) is 6.92 Å². The van der Waals surface area contributed by atoms with Crippen LogP contribution in [0.5, 0.6) is 0 Å². The summed E-state index contributed by atoms with van der Waals surface area (Å²) in [5.41, 5.74) is 2.37. The van der Waals surface area contributed by atoms with E-state index in [0.717, 1.165) is 11.1 Å². The van der Waals surface area contributed by atoms with Crippen molar-refractivity contribution in [3.8, 4) is 0 Å². The predicted octanol–water partition coefficient (Wildman–Crippen LogP) is 1.83. The number of aliphatic hydroxyl groups excluding tert-OH is 1. The van der Waals surface area contributed by atoms with E-state index in [1.54, 1.807) is 23.9 Å². The topological polar surface area (TPSA) is 50.9 Å². The number of hydrogen-bond acceptors (Lipinski definition) is 3. The molecule has 1 aromatic carbocycles. The number of aromatic nitrogens is 3. The van der Waals surface area contributed by atoms with Crippen molar-refractivity contribution < 1.29 is 9.50 Å².